The fourth-order valence-corrected chi connectivity index (χ4v) is 2.64. The minimum absolute atomic E-state index is 0.147. The van der Waals surface area contributed by atoms with Gasteiger partial charge < -0.3 is 24.3 Å². The van der Waals surface area contributed by atoms with Gasteiger partial charge in [0, 0.05) is 0 Å². The maximum absolute atomic E-state index is 12.3. The fraction of sp³-hybridized carbons (Fsp3) is 0.333. The molecule has 0 saturated heterocycles. The molecule has 0 saturated carbocycles. The summed E-state index contributed by atoms with van der Waals surface area (Å²) in [5.41, 5.74) is 0.626. The van der Waals surface area contributed by atoms with Crippen LogP contribution in [0.5, 0.6) is 17.2 Å². The number of para-hydroxylation sites is 2. The van der Waals surface area contributed by atoms with Gasteiger partial charge in [0.05, 0.1) is 37.1 Å². The number of carbonyl (C=O) groups is 2. The third-order valence-electron chi connectivity index (χ3n) is 3.74. The molecule has 0 heterocycles. The number of ether oxygens (including phenoxy) is 4. The number of benzene rings is 2. The number of rotatable bonds is 9. The third kappa shape index (κ3) is 6.29. The van der Waals surface area contributed by atoms with E-state index < -0.39 is 18.5 Å². The maximum atomic E-state index is 12.3. The van der Waals surface area contributed by atoms with Gasteiger partial charge in [0.15, 0.2) is 18.1 Å². The Morgan fingerprint density at radius 1 is 1.07 bits per heavy atom. The van der Waals surface area contributed by atoms with E-state index in [1.807, 2.05) is 13.8 Å². The van der Waals surface area contributed by atoms with E-state index in [0.717, 1.165) is 0 Å². The Morgan fingerprint density at radius 2 is 1.76 bits per heavy atom. The number of amides is 1. The average molecular weight is 422 g/mol. The summed E-state index contributed by atoms with van der Waals surface area (Å²) in [7, 11) is 2.94. The summed E-state index contributed by atoms with van der Waals surface area (Å²) < 4.78 is 21.2. The zero-order valence-corrected chi connectivity index (χ0v) is 17.5. The van der Waals surface area contributed by atoms with Crippen LogP contribution >= 0.6 is 11.6 Å². The molecule has 2 rings (SSSR count). The molecule has 8 heteroatoms. The average Bonchev–Trinajstić information content (AvgIpc) is 2.70. The normalized spacial score (nSPS) is 10.4. The van der Waals surface area contributed by atoms with Crippen molar-refractivity contribution in [1.29, 1.82) is 0 Å². The molecule has 0 aliphatic heterocycles. The minimum Gasteiger partial charge on any atom is -0.495 e. The lowest BCUT2D eigenvalue weighted by molar-refractivity contribution is -0.119. The van der Waals surface area contributed by atoms with Crippen molar-refractivity contribution >= 4 is 29.2 Å². The molecule has 0 fully saturated rings. The zero-order valence-electron chi connectivity index (χ0n) is 16.8. The van der Waals surface area contributed by atoms with Crippen LogP contribution in [0.25, 0.3) is 0 Å². The number of methoxy groups -OCH3 is 2. The summed E-state index contributed by atoms with van der Waals surface area (Å²) >= 11 is 6.24. The number of hydrogen-bond donors (Lipinski definition) is 1. The Hall–Kier alpha value is -2.93. The summed E-state index contributed by atoms with van der Waals surface area (Å²) in [6.07, 6.45) is 0. The summed E-state index contributed by atoms with van der Waals surface area (Å²) in [6.45, 7) is 3.98. The lowest BCUT2D eigenvalue weighted by Gasteiger charge is -2.15. The number of anilines is 1. The van der Waals surface area contributed by atoms with Crippen molar-refractivity contribution in [1.82, 2.24) is 0 Å². The summed E-state index contributed by atoms with van der Waals surface area (Å²) in [6, 6.07) is 9.79. The largest absolute Gasteiger partial charge is 0.495 e. The molecule has 0 aliphatic rings. The van der Waals surface area contributed by atoms with E-state index in [1.54, 1.807) is 24.3 Å². The van der Waals surface area contributed by atoms with Crippen molar-refractivity contribution in [2.75, 3.05) is 32.8 Å². The van der Waals surface area contributed by atoms with Gasteiger partial charge in [-0.05, 0) is 30.2 Å². The molecule has 2 aromatic rings. The zero-order chi connectivity index (χ0) is 21.4. The monoisotopic (exact) mass is 421 g/mol. The van der Waals surface area contributed by atoms with Gasteiger partial charge in [-0.2, -0.15) is 0 Å². The summed E-state index contributed by atoms with van der Waals surface area (Å²) in [4.78, 5) is 24.4. The predicted molar refractivity (Wildman–Crippen MR) is 110 cm³/mol. The Morgan fingerprint density at radius 3 is 2.41 bits per heavy atom. The van der Waals surface area contributed by atoms with Crippen LogP contribution < -0.4 is 19.5 Å². The van der Waals surface area contributed by atoms with Gasteiger partial charge in [-0.15, -0.1) is 0 Å². The first-order valence-corrected chi connectivity index (χ1v) is 9.33. The molecule has 7 nitrogen and oxygen atoms in total. The van der Waals surface area contributed by atoms with E-state index in [1.165, 1.54) is 26.4 Å². The quantitative estimate of drug-likeness (QED) is 0.611. The highest BCUT2D eigenvalue weighted by molar-refractivity contribution is 6.32. The molecule has 156 valence electrons. The molecule has 0 aromatic heterocycles. The van der Waals surface area contributed by atoms with Crippen LogP contribution in [0.3, 0.4) is 0 Å². The van der Waals surface area contributed by atoms with Crippen molar-refractivity contribution in [3.05, 3.63) is 47.0 Å². The van der Waals surface area contributed by atoms with E-state index in [9.17, 15) is 9.59 Å². The molecule has 0 atom stereocenters. The molecule has 0 unspecified atom stereocenters. The molecule has 29 heavy (non-hydrogen) atoms. The van der Waals surface area contributed by atoms with Gasteiger partial charge in [-0.25, -0.2) is 4.79 Å². The number of carbonyl (C=O) groups excluding carboxylic acids is 2. The number of esters is 1. The van der Waals surface area contributed by atoms with Crippen LogP contribution in [0.15, 0.2) is 36.4 Å². The number of hydrogen-bond acceptors (Lipinski definition) is 6. The predicted octanol–water partition coefficient (Wildman–Crippen LogP) is 4.19. The molecular formula is C21H24ClNO6. The maximum Gasteiger partial charge on any atom is 0.338 e. The van der Waals surface area contributed by atoms with Gasteiger partial charge in [0.1, 0.15) is 5.75 Å². The molecule has 0 radical (unpaired) electrons. The van der Waals surface area contributed by atoms with Gasteiger partial charge in [-0.3, -0.25) is 4.79 Å². The van der Waals surface area contributed by atoms with Crippen LogP contribution in [-0.4, -0.2) is 39.3 Å². The molecule has 0 spiro atoms. The Labute approximate surface area is 174 Å². The van der Waals surface area contributed by atoms with Gasteiger partial charge >= 0.3 is 5.97 Å². The SMILES string of the molecule is COc1ccccc1NC(=O)COC(=O)c1cc(Cl)c(OCC(C)C)c(OC)c1. The minimum atomic E-state index is -0.712. The fourth-order valence-electron chi connectivity index (χ4n) is 2.38. The van der Waals surface area contributed by atoms with Crippen molar-refractivity contribution < 1.29 is 28.5 Å². The van der Waals surface area contributed by atoms with Gasteiger partial charge in [0.25, 0.3) is 5.91 Å². The Kier molecular flexibility index (Phi) is 8.15. The van der Waals surface area contributed by atoms with E-state index in [-0.39, 0.29) is 10.6 Å². The van der Waals surface area contributed by atoms with E-state index in [4.69, 9.17) is 30.5 Å². The van der Waals surface area contributed by atoms with E-state index in [2.05, 4.69) is 5.32 Å². The summed E-state index contributed by atoms with van der Waals surface area (Å²) in [5.74, 6) is 0.244. The van der Waals surface area contributed by atoms with Crippen LogP contribution in [0.1, 0.15) is 24.2 Å². The first-order chi connectivity index (χ1) is 13.8. The molecule has 1 N–H and O–H groups in total. The highest BCUT2D eigenvalue weighted by atomic mass is 35.5. The molecule has 1 amide bonds. The second kappa shape index (κ2) is 10.6. The Bertz CT molecular complexity index is 868. The van der Waals surface area contributed by atoms with Crippen molar-refractivity contribution in [3.8, 4) is 17.2 Å². The molecule has 0 bridgehead atoms. The van der Waals surface area contributed by atoms with E-state index >= 15 is 0 Å². The van der Waals surface area contributed by atoms with Crippen molar-refractivity contribution in [2.24, 2.45) is 5.92 Å². The second-order valence-corrected chi connectivity index (χ2v) is 6.93. The van der Waals surface area contributed by atoms with Crippen LogP contribution in [0, 0.1) is 5.92 Å². The standard InChI is InChI=1S/C21H24ClNO6/c1-13(2)11-28-20-15(22)9-14(10-18(20)27-4)21(25)29-12-19(24)23-16-7-5-6-8-17(16)26-3/h5-10,13H,11-12H2,1-4H3,(H,23,24). The van der Waals surface area contributed by atoms with E-state index in [0.29, 0.717) is 35.5 Å². The molecular weight excluding hydrogens is 398 g/mol. The van der Waals surface area contributed by atoms with Gasteiger partial charge in [0.2, 0.25) is 0 Å². The molecule has 0 aliphatic carbocycles. The van der Waals surface area contributed by atoms with Crippen molar-refractivity contribution in [2.45, 2.75) is 13.8 Å². The lowest BCUT2D eigenvalue weighted by Crippen LogP contribution is -2.21. The summed E-state index contributed by atoms with van der Waals surface area (Å²) in [5, 5.41) is 2.84. The Balaban J connectivity index is 2.03. The third-order valence-corrected chi connectivity index (χ3v) is 4.02. The highest BCUT2D eigenvalue weighted by Gasteiger charge is 2.18. The number of nitrogens with one attached hydrogen (secondary N) is 1. The van der Waals surface area contributed by atoms with Crippen LogP contribution in [0.4, 0.5) is 5.69 Å². The first-order valence-electron chi connectivity index (χ1n) is 8.96. The van der Waals surface area contributed by atoms with Crippen LogP contribution in [-0.2, 0) is 9.53 Å². The number of halogens is 1. The highest BCUT2D eigenvalue weighted by Crippen LogP contribution is 2.37. The smallest absolute Gasteiger partial charge is 0.338 e. The molecule has 2 aromatic carbocycles. The van der Waals surface area contributed by atoms with Gasteiger partial charge in [-0.1, -0.05) is 37.6 Å². The first kappa shape index (κ1) is 22.4. The topological polar surface area (TPSA) is 83.1 Å². The second-order valence-electron chi connectivity index (χ2n) is 6.52. The lowest BCUT2D eigenvalue weighted by atomic mass is 10.2. The van der Waals surface area contributed by atoms with Crippen molar-refractivity contribution in [3.63, 3.8) is 0 Å². The van der Waals surface area contributed by atoms with Crippen LogP contribution in [0.2, 0.25) is 5.02 Å².